The number of benzene rings is 1. The lowest BCUT2D eigenvalue weighted by molar-refractivity contribution is 0.0470. The smallest absolute Gasteiger partial charge is 0.408 e. The minimum atomic E-state index is -3.95. The number of sulfone groups is 1. The Morgan fingerprint density at radius 3 is 2.46 bits per heavy atom. The highest BCUT2D eigenvalue weighted by Crippen LogP contribution is 2.30. The molecule has 144 valence electrons. The second kappa shape index (κ2) is 7.92. The number of hydrogen-bond donors (Lipinski definition) is 1. The third-order valence-electron chi connectivity index (χ3n) is 3.51. The molecule has 2 atom stereocenters. The highest BCUT2D eigenvalue weighted by Gasteiger charge is 2.39. The number of carbonyl (C=O) groups excluding carboxylic acids is 1. The number of alkyl carbamates (subject to hydrolysis) is 1. The van der Waals surface area contributed by atoms with Crippen LogP contribution in [0.5, 0.6) is 0 Å². The second-order valence-electron chi connectivity index (χ2n) is 7.16. The van der Waals surface area contributed by atoms with E-state index in [2.05, 4.69) is 21.2 Å². The number of nitriles is 1. The first-order valence-electron chi connectivity index (χ1n) is 7.78. The molecule has 6 nitrogen and oxygen atoms in total. The van der Waals surface area contributed by atoms with E-state index in [1.807, 2.05) is 0 Å². The number of nitrogens with one attached hydrogen (secondary N) is 1. The zero-order chi connectivity index (χ0) is 20.3. The summed E-state index contributed by atoms with van der Waals surface area (Å²) in [4.78, 5) is 12.2. The summed E-state index contributed by atoms with van der Waals surface area (Å²) in [6, 6.07) is 5.67. The van der Waals surface area contributed by atoms with Crippen molar-refractivity contribution in [2.45, 2.75) is 51.0 Å². The fourth-order valence-corrected chi connectivity index (χ4v) is 4.04. The van der Waals surface area contributed by atoms with Gasteiger partial charge >= 0.3 is 6.09 Å². The van der Waals surface area contributed by atoms with Crippen molar-refractivity contribution >= 4 is 31.9 Å². The molecule has 0 heterocycles. The highest BCUT2D eigenvalue weighted by atomic mass is 79.9. The molecule has 1 aromatic rings. The average Bonchev–Trinajstić information content (AvgIpc) is 2.45. The van der Waals surface area contributed by atoms with Crippen molar-refractivity contribution in [3.05, 3.63) is 34.1 Å². The van der Waals surface area contributed by atoms with Crippen molar-refractivity contribution in [3.63, 3.8) is 0 Å². The van der Waals surface area contributed by atoms with Crippen LogP contribution in [-0.2, 0) is 20.1 Å². The molecule has 9 heteroatoms. The van der Waals surface area contributed by atoms with Gasteiger partial charge in [0.15, 0.2) is 9.84 Å². The molecule has 0 aliphatic heterocycles. The quantitative estimate of drug-likeness (QED) is 0.740. The first-order chi connectivity index (χ1) is 11.7. The summed E-state index contributed by atoms with van der Waals surface area (Å²) >= 11 is 3.21. The molecule has 1 amide bonds. The first-order valence-corrected chi connectivity index (χ1v) is 10.3. The molecule has 26 heavy (non-hydrogen) atoms. The van der Waals surface area contributed by atoms with E-state index in [-0.39, 0.29) is 5.56 Å². The predicted octanol–water partition coefficient (Wildman–Crippen LogP) is 3.65. The lowest BCUT2D eigenvalue weighted by Gasteiger charge is -2.33. The van der Waals surface area contributed by atoms with Gasteiger partial charge < -0.3 is 10.1 Å². The number of nitrogens with zero attached hydrogens (tertiary/aromatic N) is 1. The Bertz CT molecular complexity index is 830. The van der Waals surface area contributed by atoms with Gasteiger partial charge in [-0.3, -0.25) is 0 Å². The van der Waals surface area contributed by atoms with Crippen LogP contribution in [-0.4, -0.2) is 31.1 Å². The van der Waals surface area contributed by atoms with Crippen LogP contribution in [0.1, 0.15) is 40.2 Å². The number of halogens is 2. The minimum Gasteiger partial charge on any atom is -0.444 e. The third-order valence-corrected chi connectivity index (χ3v) is 6.17. The molecule has 1 N–H and O–H groups in total. The molecule has 0 saturated heterocycles. The summed E-state index contributed by atoms with van der Waals surface area (Å²) < 4.78 is 45.1. The van der Waals surface area contributed by atoms with Gasteiger partial charge in [-0.25, -0.2) is 17.6 Å². The zero-order valence-corrected chi connectivity index (χ0v) is 17.7. The molecule has 0 spiro atoms. The van der Waals surface area contributed by atoms with Crippen molar-refractivity contribution in [1.29, 1.82) is 5.26 Å². The van der Waals surface area contributed by atoms with Crippen molar-refractivity contribution in [2.24, 2.45) is 0 Å². The fourth-order valence-electron chi connectivity index (χ4n) is 2.24. The van der Waals surface area contributed by atoms with Crippen LogP contribution >= 0.6 is 15.9 Å². The number of carbonyl (C=O) groups is 1. The molecular weight excluding hydrogens is 427 g/mol. The maximum absolute atomic E-state index is 14.4. The monoisotopic (exact) mass is 448 g/mol. The van der Waals surface area contributed by atoms with Crippen LogP contribution in [0.4, 0.5) is 9.18 Å². The third kappa shape index (κ3) is 5.95. The van der Waals surface area contributed by atoms with E-state index >= 15 is 0 Å². The van der Waals surface area contributed by atoms with Crippen LogP contribution in [0.3, 0.4) is 0 Å². The molecule has 0 saturated carbocycles. The minimum absolute atomic E-state index is 0.0357. The number of amides is 1. The van der Waals surface area contributed by atoms with Crippen LogP contribution in [0.25, 0.3) is 0 Å². The van der Waals surface area contributed by atoms with E-state index in [4.69, 9.17) is 10.00 Å². The molecule has 0 aromatic heterocycles. The van der Waals surface area contributed by atoms with Crippen molar-refractivity contribution in [3.8, 4) is 6.07 Å². The van der Waals surface area contributed by atoms with E-state index < -0.39 is 43.9 Å². The van der Waals surface area contributed by atoms with Crippen LogP contribution in [0.15, 0.2) is 22.7 Å². The summed E-state index contributed by atoms with van der Waals surface area (Å²) in [7, 11) is -3.95. The molecule has 1 aromatic carbocycles. The molecule has 0 radical (unpaired) electrons. The van der Waals surface area contributed by atoms with Crippen molar-refractivity contribution in [2.75, 3.05) is 5.75 Å². The van der Waals surface area contributed by atoms with E-state index in [0.717, 1.165) is 6.07 Å². The van der Waals surface area contributed by atoms with Gasteiger partial charge in [0, 0.05) is 10.0 Å². The summed E-state index contributed by atoms with van der Waals surface area (Å²) in [6.45, 7) is 7.57. The maximum Gasteiger partial charge on any atom is 0.408 e. The predicted molar refractivity (Wildman–Crippen MR) is 99.7 cm³/mol. The fraction of sp³-hybridized carbons (Fsp3) is 0.529. The van der Waals surface area contributed by atoms with Gasteiger partial charge in [-0.05, 0) is 52.8 Å². The van der Waals surface area contributed by atoms with E-state index in [0.29, 0.717) is 4.47 Å². The van der Waals surface area contributed by atoms with E-state index in [9.17, 15) is 17.6 Å². The topological polar surface area (TPSA) is 96.3 Å². The molecular formula is C17H22BrFN2O4S. The number of hydrogen-bond acceptors (Lipinski definition) is 5. The maximum atomic E-state index is 14.4. The van der Waals surface area contributed by atoms with Gasteiger partial charge in [0.1, 0.15) is 16.7 Å². The standard InChI is InChI=1S/C17H22BrFN2O4S/c1-11(9-20)26(23,24)10-17(5,21-15(22)25-16(2,3)4)13-8-12(18)6-7-14(13)19/h6-8,11H,10H2,1-5H3,(H,21,22)/t11?,17-/m0/s1. The molecule has 0 aliphatic rings. The molecule has 0 bridgehead atoms. The lowest BCUT2D eigenvalue weighted by Crippen LogP contribution is -2.51. The summed E-state index contributed by atoms with van der Waals surface area (Å²) in [6.07, 6.45) is -0.890. The Hall–Kier alpha value is -1.66. The zero-order valence-electron chi connectivity index (χ0n) is 15.3. The Labute approximate surface area is 161 Å². The largest absolute Gasteiger partial charge is 0.444 e. The lowest BCUT2D eigenvalue weighted by atomic mass is 9.93. The van der Waals surface area contributed by atoms with Crippen LogP contribution in [0.2, 0.25) is 0 Å². The second-order valence-corrected chi connectivity index (χ2v) is 10.4. The van der Waals surface area contributed by atoms with Gasteiger partial charge in [-0.2, -0.15) is 5.26 Å². The average molecular weight is 449 g/mol. The van der Waals surface area contributed by atoms with E-state index in [1.165, 1.54) is 26.0 Å². The molecule has 0 aliphatic carbocycles. The summed E-state index contributed by atoms with van der Waals surface area (Å²) in [5.74, 6) is -1.35. The molecule has 1 unspecified atom stereocenters. The van der Waals surface area contributed by atoms with Crippen LogP contribution in [0, 0.1) is 17.1 Å². The Morgan fingerprint density at radius 1 is 1.38 bits per heavy atom. The highest BCUT2D eigenvalue weighted by molar-refractivity contribution is 9.10. The normalized spacial score (nSPS) is 15.5. The van der Waals surface area contributed by atoms with Gasteiger partial charge in [0.2, 0.25) is 0 Å². The van der Waals surface area contributed by atoms with Gasteiger partial charge in [0.05, 0.1) is 17.4 Å². The van der Waals surface area contributed by atoms with Crippen molar-refractivity contribution < 1.29 is 22.3 Å². The number of rotatable bonds is 5. The Morgan fingerprint density at radius 2 is 1.96 bits per heavy atom. The summed E-state index contributed by atoms with van der Waals surface area (Å²) in [5, 5.41) is 10.1. The van der Waals surface area contributed by atoms with Gasteiger partial charge in [0.25, 0.3) is 0 Å². The number of ether oxygens (including phenoxy) is 1. The Kier molecular flexibility index (Phi) is 6.82. The molecule has 0 fully saturated rings. The van der Waals surface area contributed by atoms with Crippen molar-refractivity contribution in [1.82, 2.24) is 5.32 Å². The SMILES string of the molecule is CC(C#N)S(=O)(=O)C[C@](C)(NC(=O)OC(C)(C)C)c1cc(Br)ccc1F. The van der Waals surface area contributed by atoms with Gasteiger partial charge in [-0.1, -0.05) is 15.9 Å². The van der Waals surface area contributed by atoms with E-state index in [1.54, 1.807) is 26.8 Å². The first kappa shape index (κ1) is 22.4. The molecule has 1 rings (SSSR count). The Balaban J connectivity index is 3.40. The summed E-state index contributed by atoms with van der Waals surface area (Å²) in [5.41, 5.74) is -2.49. The van der Waals surface area contributed by atoms with Gasteiger partial charge in [-0.15, -0.1) is 0 Å². The van der Waals surface area contributed by atoms with Crippen LogP contribution < -0.4 is 5.32 Å².